The van der Waals surface area contributed by atoms with E-state index in [1.807, 2.05) is 0 Å². The molecule has 7 heteroatoms. The molecule has 1 atom stereocenters. The SMILES string of the molecule is CC(=O)N1CCN(C(=O)CC(N)C(=O)O)CC1. The summed E-state index contributed by atoms with van der Waals surface area (Å²) in [7, 11) is 0. The second-order valence-corrected chi connectivity index (χ2v) is 4.04. The Bertz CT molecular complexity index is 324. The van der Waals surface area contributed by atoms with Crippen molar-refractivity contribution in [1.29, 1.82) is 0 Å². The van der Waals surface area contributed by atoms with Gasteiger partial charge in [0.2, 0.25) is 11.8 Å². The summed E-state index contributed by atoms with van der Waals surface area (Å²) >= 11 is 0. The van der Waals surface area contributed by atoms with Gasteiger partial charge in [-0.3, -0.25) is 14.4 Å². The van der Waals surface area contributed by atoms with Gasteiger partial charge in [-0.15, -0.1) is 0 Å². The van der Waals surface area contributed by atoms with E-state index in [9.17, 15) is 14.4 Å². The van der Waals surface area contributed by atoms with Crippen LogP contribution in [0.1, 0.15) is 13.3 Å². The third-order valence-electron chi connectivity index (χ3n) is 2.79. The molecule has 0 aromatic heterocycles. The van der Waals surface area contributed by atoms with E-state index in [1.54, 1.807) is 9.80 Å². The fourth-order valence-corrected chi connectivity index (χ4v) is 1.68. The Hall–Kier alpha value is -1.63. The monoisotopic (exact) mass is 243 g/mol. The Morgan fingerprint density at radius 3 is 2.06 bits per heavy atom. The Morgan fingerprint density at radius 1 is 1.18 bits per heavy atom. The summed E-state index contributed by atoms with van der Waals surface area (Å²) in [4.78, 5) is 36.4. The molecule has 1 aliphatic rings. The fourth-order valence-electron chi connectivity index (χ4n) is 1.68. The molecule has 2 amide bonds. The zero-order valence-corrected chi connectivity index (χ0v) is 9.76. The maximum absolute atomic E-state index is 11.7. The third kappa shape index (κ3) is 3.70. The number of carboxylic acids is 1. The lowest BCUT2D eigenvalue weighted by Crippen LogP contribution is -2.51. The minimum Gasteiger partial charge on any atom is -0.480 e. The predicted molar refractivity (Wildman–Crippen MR) is 59.1 cm³/mol. The van der Waals surface area contributed by atoms with Crippen LogP contribution >= 0.6 is 0 Å². The standard InChI is InChI=1S/C10H17N3O4/c1-7(14)12-2-4-13(5-3-12)9(15)6-8(11)10(16)17/h8H,2-6,11H2,1H3,(H,16,17). The number of rotatable bonds is 3. The van der Waals surface area contributed by atoms with Crippen LogP contribution in [0.2, 0.25) is 0 Å². The Labute approximate surface area is 99.2 Å². The first-order valence-corrected chi connectivity index (χ1v) is 5.43. The van der Waals surface area contributed by atoms with E-state index in [-0.39, 0.29) is 18.2 Å². The Morgan fingerprint density at radius 2 is 1.65 bits per heavy atom. The van der Waals surface area contributed by atoms with Crippen LogP contribution in [0.4, 0.5) is 0 Å². The first-order chi connectivity index (χ1) is 7.91. The molecule has 0 aromatic carbocycles. The fraction of sp³-hybridized carbons (Fsp3) is 0.700. The molecule has 1 rings (SSSR count). The third-order valence-corrected chi connectivity index (χ3v) is 2.79. The van der Waals surface area contributed by atoms with Gasteiger partial charge in [-0.1, -0.05) is 0 Å². The van der Waals surface area contributed by atoms with E-state index >= 15 is 0 Å². The molecule has 0 bridgehead atoms. The highest BCUT2D eigenvalue weighted by Crippen LogP contribution is 2.05. The first kappa shape index (κ1) is 13.4. The molecule has 17 heavy (non-hydrogen) atoms. The molecule has 1 heterocycles. The number of amides is 2. The second-order valence-electron chi connectivity index (χ2n) is 4.04. The molecule has 7 nitrogen and oxygen atoms in total. The summed E-state index contributed by atoms with van der Waals surface area (Å²) in [5, 5.41) is 8.60. The minimum absolute atomic E-state index is 0.0145. The van der Waals surface area contributed by atoms with Gasteiger partial charge in [0.25, 0.3) is 0 Å². The van der Waals surface area contributed by atoms with Crippen molar-refractivity contribution in [2.45, 2.75) is 19.4 Å². The highest BCUT2D eigenvalue weighted by Gasteiger charge is 2.25. The lowest BCUT2D eigenvalue weighted by molar-refractivity contribution is -0.143. The highest BCUT2D eigenvalue weighted by molar-refractivity contribution is 5.84. The molecule has 1 unspecified atom stereocenters. The van der Waals surface area contributed by atoms with E-state index in [4.69, 9.17) is 10.8 Å². The smallest absolute Gasteiger partial charge is 0.321 e. The number of nitrogens with two attached hydrogens (primary N) is 1. The van der Waals surface area contributed by atoms with Crippen LogP contribution < -0.4 is 5.73 Å². The molecule has 0 spiro atoms. The topological polar surface area (TPSA) is 104 Å². The number of hydrogen-bond donors (Lipinski definition) is 2. The van der Waals surface area contributed by atoms with Crippen molar-refractivity contribution in [3.8, 4) is 0 Å². The summed E-state index contributed by atoms with van der Waals surface area (Å²) in [6.45, 7) is 3.33. The van der Waals surface area contributed by atoms with Crippen molar-refractivity contribution in [3.63, 3.8) is 0 Å². The van der Waals surface area contributed by atoms with Gasteiger partial charge in [0.1, 0.15) is 6.04 Å². The zero-order chi connectivity index (χ0) is 13.0. The maximum atomic E-state index is 11.7. The number of piperazine rings is 1. The maximum Gasteiger partial charge on any atom is 0.321 e. The average Bonchev–Trinajstić information content (AvgIpc) is 2.28. The number of carbonyl (C=O) groups is 3. The second kappa shape index (κ2) is 5.62. The van der Waals surface area contributed by atoms with Gasteiger partial charge < -0.3 is 20.6 Å². The van der Waals surface area contributed by atoms with Gasteiger partial charge in [0.15, 0.2) is 0 Å². The lowest BCUT2D eigenvalue weighted by atomic mass is 10.2. The van der Waals surface area contributed by atoms with E-state index < -0.39 is 12.0 Å². The summed E-state index contributed by atoms with van der Waals surface area (Å²) in [5.74, 6) is -1.47. The summed E-state index contributed by atoms with van der Waals surface area (Å²) < 4.78 is 0. The molecular formula is C10H17N3O4. The van der Waals surface area contributed by atoms with Crippen molar-refractivity contribution in [2.75, 3.05) is 26.2 Å². The van der Waals surface area contributed by atoms with Crippen LogP contribution in [0.15, 0.2) is 0 Å². The van der Waals surface area contributed by atoms with E-state index in [0.29, 0.717) is 26.2 Å². The van der Waals surface area contributed by atoms with Gasteiger partial charge in [-0.05, 0) is 0 Å². The molecule has 3 N–H and O–H groups in total. The summed E-state index contributed by atoms with van der Waals surface area (Å²) in [6.07, 6.45) is -0.199. The van der Waals surface area contributed by atoms with Crippen LogP contribution in [0, 0.1) is 0 Å². The van der Waals surface area contributed by atoms with Gasteiger partial charge in [-0.25, -0.2) is 0 Å². The van der Waals surface area contributed by atoms with Crippen molar-refractivity contribution in [2.24, 2.45) is 5.73 Å². The van der Waals surface area contributed by atoms with Crippen LogP contribution in [-0.4, -0.2) is 64.9 Å². The van der Waals surface area contributed by atoms with Crippen LogP contribution in [0.25, 0.3) is 0 Å². The Balaban J connectivity index is 2.41. The Kier molecular flexibility index (Phi) is 4.45. The number of carbonyl (C=O) groups excluding carboxylic acids is 2. The minimum atomic E-state index is -1.18. The summed E-state index contributed by atoms with van der Waals surface area (Å²) in [6, 6.07) is -1.16. The quantitative estimate of drug-likeness (QED) is 0.626. The predicted octanol–water partition coefficient (Wildman–Crippen LogP) is -1.52. The largest absolute Gasteiger partial charge is 0.480 e. The molecule has 1 saturated heterocycles. The van der Waals surface area contributed by atoms with Gasteiger partial charge in [-0.2, -0.15) is 0 Å². The highest BCUT2D eigenvalue weighted by atomic mass is 16.4. The van der Waals surface area contributed by atoms with Crippen molar-refractivity contribution >= 4 is 17.8 Å². The average molecular weight is 243 g/mol. The number of nitrogens with zero attached hydrogens (tertiary/aromatic N) is 2. The number of carboxylic acid groups (broad SMARTS) is 1. The van der Waals surface area contributed by atoms with Gasteiger partial charge in [0.05, 0.1) is 6.42 Å². The lowest BCUT2D eigenvalue weighted by Gasteiger charge is -2.34. The first-order valence-electron chi connectivity index (χ1n) is 5.43. The normalized spacial score (nSPS) is 17.8. The van der Waals surface area contributed by atoms with Crippen LogP contribution in [0.3, 0.4) is 0 Å². The zero-order valence-electron chi connectivity index (χ0n) is 9.76. The molecule has 96 valence electrons. The van der Waals surface area contributed by atoms with E-state index in [1.165, 1.54) is 6.92 Å². The molecule has 0 aromatic rings. The molecule has 1 fully saturated rings. The van der Waals surface area contributed by atoms with Crippen molar-refractivity contribution in [3.05, 3.63) is 0 Å². The number of aliphatic carboxylic acids is 1. The van der Waals surface area contributed by atoms with Crippen molar-refractivity contribution in [1.82, 2.24) is 9.80 Å². The molecular weight excluding hydrogens is 226 g/mol. The molecule has 0 saturated carbocycles. The van der Waals surface area contributed by atoms with E-state index in [0.717, 1.165) is 0 Å². The van der Waals surface area contributed by atoms with Crippen LogP contribution in [-0.2, 0) is 14.4 Å². The number of hydrogen-bond acceptors (Lipinski definition) is 4. The molecule has 1 aliphatic heterocycles. The van der Waals surface area contributed by atoms with Crippen LogP contribution in [0.5, 0.6) is 0 Å². The van der Waals surface area contributed by atoms with E-state index in [2.05, 4.69) is 0 Å². The van der Waals surface area contributed by atoms with Gasteiger partial charge >= 0.3 is 5.97 Å². The van der Waals surface area contributed by atoms with Crippen molar-refractivity contribution < 1.29 is 19.5 Å². The molecule has 0 radical (unpaired) electrons. The van der Waals surface area contributed by atoms with Gasteiger partial charge in [0, 0.05) is 33.1 Å². The summed E-state index contributed by atoms with van der Waals surface area (Å²) in [5.41, 5.74) is 5.29. The molecule has 0 aliphatic carbocycles.